The maximum absolute atomic E-state index is 13.6. The Hall–Kier alpha value is -3.33. The first-order chi connectivity index (χ1) is 41.4. The van der Waals surface area contributed by atoms with Crippen molar-refractivity contribution in [3.63, 3.8) is 0 Å². The SMILES string of the molecule is CC/C=C\C/C=C\C/C=C\C/C=C\C/C=C\C/C=C\CCCCCCCCC(=O)NC(COP(=O)([O-])OCC[N+](C)(C)C)C(/C=C\CCCCCCCCCCCCC)OC(=O)CCCCCCCCCCCCC/C=C\C/C=C\CCCCC. The summed E-state index contributed by atoms with van der Waals surface area (Å²) in [5, 5.41) is 3.03. The molecule has 0 aromatic heterocycles. The van der Waals surface area contributed by atoms with Gasteiger partial charge in [0.05, 0.1) is 33.8 Å². The number of hydrogen-bond donors (Lipinski definition) is 1. The lowest BCUT2D eigenvalue weighted by atomic mass is 10.0. The molecule has 3 unspecified atom stereocenters. The lowest BCUT2D eigenvalue weighted by Gasteiger charge is -2.30. The normalized spacial score (nSPS) is 14.2. The maximum atomic E-state index is 13.6. The Morgan fingerprint density at radius 1 is 0.424 bits per heavy atom. The van der Waals surface area contributed by atoms with E-state index in [2.05, 4.69) is 123 Å². The first-order valence-electron chi connectivity index (χ1n) is 35.2. The van der Waals surface area contributed by atoms with E-state index in [1.54, 1.807) is 0 Å². The number of esters is 1. The van der Waals surface area contributed by atoms with Gasteiger partial charge in [0.2, 0.25) is 5.91 Å². The van der Waals surface area contributed by atoms with Gasteiger partial charge in [0.1, 0.15) is 19.3 Å². The van der Waals surface area contributed by atoms with Gasteiger partial charge in [-0.3, -0.25) is 14.2 Å². The van der Waals surface area contributed by atoms with E-state index in [0.717, 1.165) is 128 Å². The number of hydrogen-bond acceptors (Lipinski definition) is 7. The molecule has 0 aromatic rings. The fourth-order valence-corrected chi connectivity index (χ4v) is 10.5. The van der Waals surface area contributed by atoms with Gasteiger partial charge >= 0.3 is 5.97 Å². The molecule has 0 aliphatic carbocycles. The van der Waals surface area contributed by atoms with Gasteiger partial charge < -0.3 is 28.5 Å². The van der Waals surface area contributed by atoms with Gasteiger partial charge in [0.25, 0.3) is 7.82 Å². The maximum Gasteiger partial charge on any atom is 0.306 e. The predicted molar refractivity (Wildman–Crippen MR) is 367 cm³/mol. The molecule has 0 aliphatic heterocycles. The Kier molecular flexibility index (Phi) is 61.2. The van der Waals surface area contributed by atoms with Crippen molar-refractivity contribution in [3.05, 3.63) is 109 Å². The van der Waals surface area contributed by atoms with Gasteiger partial charge in [-0.1, -0.05) is 285 Å². The number of phosphoric acid groups is 1. The summed E-state index contributed by atoms with van der Waals surface area (Å²) in [5.74, 6) is -0.559. The average Bonchev–Trinajstić information content (AvgIpc) is 3.64. The van der Waals surface area contributed by atoms with Crippen molar-refractivity contribution >= 4 is 19.7 Å². The molecule has 0 heterocycles. The van der Waals surface area contributed by atoms with Gasteiger partial charge in [-0.05, 0) is 115 Å². The highest BCUT2D eigenvalue weighted by Crippen LogP contribution is 2.38. The summed E-state index contributed by atoms with van der Waals surface area (Å²) in [6.07, 6.45) is 87.7. The van der Waals surface area contributed by atoms with Crippen LogP contribution in [0, 0.1) is 0 Å². The first kappa shape index (κ1) is 81.7. The lowest BCUT2D eigenvalue weighted by Crippen LogP contribution is -2.47. The number of phosphoric ester groups is 1. The number of amides is 1. The van der Waals surface area contributed by atoms with E-state index in [9.17, 15) is 19.0 Å². The molecular weight excluding hydrogens is 1070 g/mol. The van der Waals surface area contributed by atoms with Crippen molar-refractivity contribution < 1.29 is 37.3 Å². The number of rotatable bonds is 63. The number of nitrogens with one attached hydrogen (secondary N) is 1. The van der Waals surface area contributed by atoms with Crippen LogP contribution in [-0.4, -0.2) is 69.4 Å². The fraction of sp³-hybridized carbons (Fsp3) is 0.733. The molecule has 85 heavy (non-hydrogen) atoms. The third-order valence-corrected chi connectivity index (χ3v) is 16.2. The van der Waals surface area contributed by atoms with Gasteiger partial charge in [0, 0.05) is 12.8 Å². The second-order valence-electron chi connectivity index (χ2n) is 24.6. The minimum atomic E-state index is -4.72. The zero-order valence-electron chi connectivity index (χ0n) is 56.0. The van der Waals surface area contributed by atoms with Crippen LogP contribution >= 0.6 is 7.82 Å². The van der Waals surface area contributed by atoms with Gasteiger partial charge in [-0.25, -0.2) is 0 Å². The monoisotopic (exact) mass is 1200 g/mol. The number of carbonyl (C=O) groups is 2. The smallest absolute Gasteiger partial charge is 0.306 e. The third-order valence-electron chi connectivity index (χ3n) is 15.2. The number of ether oxygens (including phenoxy) is 1. The van der Waals surface area contributed by atoms with Crippen LogP contribution < -0.4 is 10.2 Å². The molecule has 3 atom stereocenters. The summed E-state index contributed by atoms with van der Waals surface area (Å²) >= 11 is 0. The van der Waals surface area contributed by atoms with Crippen molar-refractivity contribution in [2.45, 2.75) is 315 Å². The Morgan fingerprint density at radius 2 is 0.753 bits per heavy atom. The van der Waals surface area contributed by atoms with Crippen LogP contribution in [0.3, 0.4) is 0 Å². The van der Waals surface area contributed by atoms with Crippen molar-refractivity contribution in [2.24, 2.45) is 0 Å². The molecule has 0 bridgehead atoms. The van der Waals surface area contributed by atoms with Crippen LogP contribution in [0.5, 0.6) is 0 Å². The highest BCUT2D eigenvalue weighted by Gasteiger charge is 2.27. The van der Waals surface area contributed by atoms with E-state index in [-0.39, 0.29) is 24.9 Å². The van der Waals surface area contributed by atoms with E-state index in [1.807, 2.05) is 33.3 Å². The molecular formula is C75H133N2O7P. The van der Waals surface area contributed by atoms with Gasteiger partial charge in [-0.15, -0.1) is 0 Å². The lowest BCUT2D eigenvalue weighted by molar-refractivity contribution is -0.870. The van der Waals surface area contributed by atoms with Crippen molar-refractivity contribution in [3.8, 4) is 0 Å². The summed E-state index contributed by atoms with van der Waals surface area (Å²) < 4.78 is 30.4. The molecule has 0 radical (unpaired) electrons. The summed E-state index contributed by atoms with van der Waals surface area (Å²) in [4.78, 5) is 40.2. The molecule has 0 spiro atoms. The molecule has 0 saturated heterocycles. The quantitative estimate of drug-likeness (QED) is 0.0212. The summed E-state index contributed by atoms with van der Waals surface area (Å²) in [6.45, 7) is 6.71. The largest absolute Gasteiger partial charge is 0.756 e. The molecule has 0 rings (SSSR count). The standard InChI is InChI=1S/C75H133N2O7P/c1-7-10-13-16-19-22-25-28-30-32-34-36-37-38-39-41-42-44-46-49-52-55-58-61-64-67-74(78)76-72(71-83-85(80,81)82-70-69-77(4,5)6)73(66-63-60-57-54-51-48-27-24-21-18-15-12-9-3)84-75(79)68-65-62-59-56-53-50-47-45-43-40-35-33-31-29-26-23-20-17-14-11-8-2/h10,13,19-20,22-23,28-31,34,36,38-39,42,44,63,66,72-73H,7-9,11-12,14-18,21,24-27,32-33,35,37,40-41,43,45-62,64-65,67-71H2,1-6H3,(H-,76,78,80,81)/b13-10-,22-19-,23-20-,30-28-,31-29-,36-34-,39-38-,44-42-,66-63-. The highest BCUT2D eigenvalue weighted by molar-refractivity contribution is 7.45. The summed E-state index contributed by atoms with van der Waals surface area (Å²) in [7, 11) is 1.16. The number of unbranched alkanes of at least 4 members (excludes halogenated alkanes) is 31. The zero-order chi connectivity index (χ0) is 62.1. The van der Waals surface area contributed by atoms with Crippen molar-refractivity contribution in [1.29, 1.82) is 0 Å². The fourth-order valence-electron chi connectivity index (χ4n) is 9.79. The molecule has 0 saturated carbocycles. The number of nitrogens with zero attached hydrogens (tertiary/aromatic N) is 1. The number of carbonyl (C=O) groups excluding carboxylic acids is 2. The Balaban J connectivity index is 5.18. The topological polar surface area (TPSA) is 114 Å². The van der Waals surface area contributed by atoms with Crippen LogP contribution in [0.1, 0.15) is 303 Å². The van der Waals surface area contributed by atoms with E-state index in [0.29, 0.717) is 17.4 Å². The summed E-state index contributed by atoms with van der Waals surface area (Å²) in [6, 6.07) is -0.905. The molecule has 1 N–H and O–H groups in total. The second-order valence-corrected chi connectivity index (χ2v) is 26.1. The van der Waals surface area contributed by atoms with Crippen LogP contribution in [-0.2, 0) is 27.9 Å². The Bertz CT molecular complexity index is 1820. The average molecular weight is 1210 g/mol. The van der Waals surface area contributed by atoms with E-state index in [1.165, 1.54) is 141 Å². The first-order valence-corrected chi connectivity index (χ1v) is 36.7. The van der Waals surface area contributed by atoms with Crippen LogP contribution in [0.2, 0.25) is 0 Å². The van der Waals surface area contributed by atoms with Crippen LogP contribution in [0.4, 0.5) is 0 Å². The van der Waals surface area contributed by atoms with Crippen molar-refractivity contribution in [1.82, 2.24) is 5.32 Å². The Morgan fingerprint density at radius 3 is 1.15 bits per heavy atom. The van der Waals surface area contributed by atoms with Crippen LogP contribution in [0.15, 0.2) is 109 Å². The molecule has 490 valence electrons. The third kappa shape index (κ3) is 65.0. The summed E-state index contributed by atoms with van der Waals surface area (Å²) in [5.41, 5.74) is 0. The highest BCUT2D eigenvalue weighted by atomic mass is 31.2. The number of quaternary nitrogens is 1. The second kappa shape index (κ2) is 63.7. The van der Waals surface area contributed by atoms with E-state index < -0.39 is 26.6 Å². The van der Waals surface area contributed by atoms with Gasteiger partial charge in [-0.2, -0.15) is 0 Å². The van der Waals surface area contributed by atoms with Crippen LogP contribution in [0.25, 0.3) is 0 Å². The number of allylic oxidation sites excluding steroid dienone is 17. The van der Waals surface area contributed by atoms with E-state index >= 15 is 0 Å². The molecule has 0 aromatic carbocycles. The molecule has 1 amide bonds. The molecule has 10 heteroatoms. The van der Waals surface area contributed by atoms with E-state index in [4.69, 9.17) is 13.8 Å². The number of likely N-dealkylation sites (N-methyl/N-ethyl adjacent to an activating group) is 1. The van der Waals surface area contributed by atoms with Gasteiger partial charge in [0.15, 0.2) is 0 Å². The van der Waals surface area contributed by atoms with Crippen molar-refractivity contribution in [2.75, 3.05) is 40.9 Å². The zero-order valence-corrected chi connectivity index (χ0v) is 56.9. The molecule has 9 nitrogen and oxygen atoms in total. The molecule has 0 aliphatic rings. The molecule has 0 fully saturated rings. The predicted octanol–water partition coefficient (Wildman–Crippen LogP) is 21.8. The minimum Gasteiger partial charge on any atom is -0.756 e. The Labute approximate surface area is 525 Å². The minimum absolute atomic E-state index is 0.0304.